The second kappa shape index (κ2) is 1.23. The van der Waals surface area contributed by atoms with E-state index in [1.807, 2.05) is 12.2 Å². The maximum Gasteiger partial charge on any atom is 0.353 e. The van der Waals surface area contributed by atoms with Gasteiger partial charge in [0, 0.05) is 12.2 Å². The van der Waals surface area contributed by atoms with Crippen molar-refractivity contribution in [2.24, 2.45) is 0 Å². The first kappa shape index (κ1) is 4.32. The fraction of sp³-hybridized carbons (Fsp3) is 0.400. The van der Waals surface area contributed by atoms with Gasteiger partial charge in [-0.25, -0.2) is 0 Å². The van der Waals surface area contributed by atoms with Crippen LogP contribution in [0, 0.1) is 0 Å². The molecule has 0 aromatic rings. The first-order chi connectivity index (χ1) is 3.86. The molecule has 1 saturated heterocycles. The molecule has 0 N–H and O–H groups in total. The SMILES string of the molecule is S=C1OC2C=CC2O1. The molecule has 0 bridgehead atoms. The quantitative estimate of drug-likeness (QED) is 0.352. The Hall–Kier alpha value is -0.570. The Labute approximate surface area is 52.1 Å². The minimum atomic E-state index is 0.127. The molecule has 0 aromatic heterocycles. The summed E-state index contributed by atoms with van der Waals surface area (Å²) in [6.45, 7) is 0. The van der Waals surface area contributed by atoms with Crippen LogP contribution in [0.25, 0.3) is 0 Å². The molecule has 2 atom stereocenters. The summed E-state index contributed by atoms with van der Waals surface area (Å²) in [4.78, 5) is 0. The zero-order chi connectivity index (χ0) is 5.56. The molecule has 0 radical (unpaired) electrons. The van der Waals surface area contributed by atoms with Crippen LogP contribution < -0.4 is 0 Å². The van der Waals surface area contributed by atoms with Crippen LogP contribution >= 0.6 is 12.2 Å². The van der Waals surface area contributed by atoms with Gasteiger partial charge in [0.1, 0.15) is 0 Å². The zero-order valence-corrected chi connectivity index (χ0v) is 4.85. The Kier molecular flexibility index (Phi) is 0.663. The van der Waals surface area contributed by atoms with Crippen LogP contribution in [0.1, 0.15) is 0 Å². The van der Waals surface area contributed by atoms with E-state index < -0.39 is 0 Å². The highest BCUT2D eigenvalue weighted by Crippen LogP contribution is 2.24. The van der Waals surface area contributed by atoms with E-state index in [1.54, 1.807) is 0 Å². The highest BCUT2D eigenvalue weighted by Gasteiger charge is 2.36. The number of hydrogen-bond donors (Lipinski definition) is 0. The predicted molar refractivity (Wildman–Crippen MR) is 31.5 cm³/mol. The van der Waals surface area contributed by atoms with Gasteiger partial charge in [0.15, 0.2) is 12.2 Å². The Morgan fingerprint density at radius 3 is 2.00 bits per heavy atom. The molecule has 1 aliphatic heterocycles. The van der Waals surface area contributed by atoms with Crippen molar-refractivity contribution in [3.05, 3.63) is 12.2 Å². The largest absolute Gasteiger partial charge is 0.445 e. The van der Waals surface area contributed by atoms with Crippen LogP contribution in [0.15, 0.2) is 12.2 Å². The molecule has 42 valence electrons. The lowest BCUT2D eigenvalue weighted by Gasteiger charge is -2.14. The van der Waals surface area contributed by atoms with Gasteiger partial charge in [-0.05, 0) is 12.2 Å². The molecule has 1 aliphatic carbocycles. The summed E-state index contributed by atoms with van der Waals surface area (Å²) in [7, 11) is 0. The number of rotatable bonds is 0. The molecule has 1 fully saturated rings. The summed E-state index contributed by atoms with van der Waals surface area (Å²) in [5.41, 5.74) is 0. The van der Waals surface area contributed by atoms with Gasteiger partial charge in [-0.15, -0.1) is 0 Å². The number of fused-ring (bicyclic) bond motifs is 1. The maximum atomic E-state index is 4.98. The molecule has 2 unspecified atom stereocenters. The van der Waals surface area contributed by atoms with Crippen LogP contribution in [0.4, 0.5) is 0 Å². The van der Waals surface area contributed by atoms with Crippen molar-refractivity contribution in [2.75, 3.05) is 0 Å². The van der Waals surface area contributed by atoms with Crippen molar-refractivity contribution in [2.45, 2.75) is 12.2 Å². The first-order valence-corrected chi connectivity index (χ1v) is 2.83. The average molecular weight is 128 g/mol. The van der Waals surface area contributed by atoms with E-state index in [1.165, 1.54) is 0 Å². The molecule has 0 amide bonds. The third-order valence-corrected chi connectivity index (χ3v) is 1.47. The number of thiocarbonyl (C=S) groups is 1. The predicted octanol–water partition coefficient (Wildman–Crippen LogP) is 0.625. The normalized spacial score (nSPS) is 39.8. The highest BCUT2D eigenvalue weighted by atomic mass is 32.1. The van der Waals surface area contributed by atoms with Crippen LogP contribution in [0.2, 0.25) is 0 Å². The van der Waals surface area contributed by atoms with E-state index in [0.29, 0.717) is 0 Å². The van der Waals surface area contributed by atoms with Gasteiger partial charge in [0.25, 0.3) is 0 Å². The molecular formula is C5H4O2S. The molecule has 8 heavy (non-hydrogen) atoms. The average Bonchev–Trinajstić information content (AvgIpc) is 1.91. The first-order valence-electron chi connectivity index (χ1n) is 2.42. The van der Waals surface area contributed by atoms with E-state index in [0.717, 1.165) is 0 Å². The minimum absolute atomic E-state index is 0.127. The summed E-state index contributed by atoms with van der Waals surface area (Å²) in [6, 6.07) is 0. The molecule has 1 heterocycles. The van der Waals surface area contributed by atoms with Gasteiger partial charge in [0.05, 0.1) is 0 Å². The third kappa shape index (κ3) is 0.395. The smallest absolute Gasteiger partial charge is 0.353 e. The number of hydrogen-bond acceptors (Lipinski definition) is 3. The van der Waals surface area contributed by atoms with Crippen LogP contribution in [-0.2, 0) is 9.47 Å². The Morgan fingerprint density at radius 1 is 1.25 bits per heavy atom. The molecule has 3 heteroatoms. The Bertz CT molecular complexity index is 148. The van der Waals surface area contributed by atoms with Crippen molar-refractivity contribution in [3.63, 3.8) is 0 Å². The van der Waals surface area contributed by atoms with Gasteiger partial charge in [-0.1, -0.05) is 0 Å². The van der Waals surface area contributed by atoms with Gasteiger partial charge in [-0.2, -0.15) is 0 Å². The third-order valence-electron chi connectivity index (χ3n) is 1.28. The molecule has 2 nitrogen and oxygen atoms in total. The van der Waals surface area contributed by atoms with Crippen molar-refractivity contribution in [3.8, 4) is 0 Å². The van der Waals surface area contributed by atoms with Crippen LogP contribution in [-0.4, -0.2) is 17.4 Å². The van der Waals surface area contributed by atoms with E-state index in [4.69, 9.17) is 9.47 Å². The zero-order valence-electron chi connectivity index (χ0n) is 4.03. The van der Waals surface area contributed by atoms with Gasteiger partial charge < -0.3 is 9.47 Å². The second-order valence-corrected chi connectivity index (χ2v) is 2.13. The minimum Gasteiger partial charge on any atom is -0.445 e. The highest BCUT2D eigenvalue weighted by molar-refractivity contribution is 7.79. The number of ether oxygens (including phenoxy) is 2. The topological polar surface area (TPSA) is 18.5 Å². The van der Waals surface area contributed by atoms with E-state index in [2.05, 4.69) is 12.2 Å². The Balaban J connectivity index is 2.20. The molecule has 0 spiro atoms. The van der Waals surface area contributed by atoms with Gasteiger partial charge in [-0.3, -0.25) is 0 Å². The van der Waals surface area contributed by atoms with Gasteiger partial charge in [0.2, 0.25) is 0 Å². The molecule has 0 saturated carbocycles. The molecular weight excluding hydrogens is 124 g/mol. The van der Waals surface area contributed by atoms with E-state index in [9.17, 15) is 0 Å². The van der Waals surface area contributed by atoms with Crippen molar-refractivity contribution >= 4 is 17.5 Å². The summed E-state index contributed by atoms with van der Waals surface area (Å²) in [6.07, 6.45) is 4.12. The molecule has 2 rings (SSSR count). The van der Waals surface area contributed by atoms with Crippen molar-refractivity contribution in [1.82, 2.24) is 0 Å². The summed E-state index contributed by atoms with van der Waals surface area (Å²) in [5, 5.41) is 0.282. The van der Waals surface area contributed by atoms with Crippen molar-refractivity contribution < 1.29 is 9.47 Å². The fourth-order valence-electron chi connectivity index (χ4n) is 0.755. The van der Waals surface area contributed by atoms with Crippen molar-refractivity contribution in [1.29, 1.82) is 0 Å². The monoisotopic (exact) mass is 128 g/mol. The second-order valence-electron chi connectivity index (χ2n) is 1.80. The van der Waals surface area contributed by atoms with E-state index >= 15 is 0 Å². The maximum absolute atomic E-state index is 4.98. The Morgan fingerprint density at radius 2 is 1.75 bits per heavy atom. The lowest BCUT2D eigenvalue weighted by Crippen LogP contribution is -2.25. The fourth-order valence-corrected chi connectivity index (χ4v) is 0.977. The van der Waals surface area contributed by atoms with Crippen LogP contribution in [0.5, 0.6) is 0 Å². The molecule has 0 aromatic carbocycles. The lowest BCUT2D eigenvalue weighted by molar-refractivity contribution is 0.208. The molecule has 2 aliphatic rings. The summed E-state index contributed by atoms with van der Waals surface area (Å²) >= 11 is 4.63. The summed E-state index contributed by atoms with van der Waals surface area (Å²) in [5.74, 6) is 0. The van der Waals surface area contributed by atoms with Gasteiger partial charge >= 0.3 is 5.24 Å². The lowest BCUT2D eigenvalue weighted by atomic mass is 10.0. The van der Waals surface area contributed by atoms with E-state index in [-0.39, 0.29) is 17.4 Å². The summed E-state index contributed by atoms with van der Waals surface area (Å²) < 4.78 is 9.97. The standard InChI is InChI=1S/C5H4O2S/c8-5-6-3-1-2-4(3)7-5/h1-4H. The van der Waals surface area contributed by atoms with Crippen LogP contribution in [0.3, 0.4) is 0 Å².